The molecule has 10 rings (SSSR count). The minimum absolute atomic E-state index is 1.21. The fraction of sp³-hybridized carbons (Fsp3) is 0. The minimum Gasteiger partial charge on any atom is -0.0622 e. The van der Waals surface area contributed by atoms with Gasteiger partial charge in [-0.1, -0.05) is 158 Å². The first-order chi connectivity index (χ1) is 24.8. The molecule has 0 fully saturated rings. The molecule has 0 bridgehead atoms. The summed E-state index contributed by atoms with van der Waals surface area (Å²) in [5, 5.41) is 12.6. The van der Waals surface area contributed by atoms with E-state index in [1.165, 1.54) is 98.4 Å². The van der Waals surface area contributed by atoms with Crippen LogP contribution >= 0.6 is 0 Å². The lowest BCUT2D eigenvalue weighted by atomic mass is 9.84. The van der Waals surface area contributed by atoms with E-state index in [4.69, 9.17) is 0 Å². The molecule has 0 saturated heterocycles. The maximum absolute atomic E-state index is 2.43. The Morgan fingerprint density at radius 2 is 0.480 bits per heavy atom. The molecule has 0 spiro atoms. The van der Waals surface area contributed by atoms with Crippen LogP contribution in [0, 0.1) is 0 Å². The maximum atomic E-state index is 2.43. The average Bonchev–Trinajstić information content (AvgIpc) is 3.20. The molecule has 0 N–H and O–H groups in total. The summed E-state index contributed by atoms with van der Waals surface area (Å²) in [7, 11) is 0. The fourth-order valence-corrected chi connectivity index (χ4v) is 8.06. The van der Waals surface area contributed by atoms with Crippen molar-refractivity contribution in [3.05, 3.63) is 194 Å². The molecule has 0 radical (unpaired) electrons. The van der Waals surface area contributed by atoms with E-state index >= 15 is 0 Å². The van der Waals surface area contributed by atoms with E-state index in [0.29, 0.717) is 0 Å². The molecule has 0 aliphatic rings. The second-order valence-corrected chi connectivity index (χ2v) is 13.3. The van der Waals surface area contributed by atoms with E-state index in [9.17, 15) is 0 Å². The smallest absolute Gasteiger partial charge is 0.00926 e. The molecule has 10 aromatic carbocycles. The summed E-state index contributed by atoms with van der Waals surface area (Å²) < 4.78 is 0. The van der Waals surface area contributed by atoms with Gasteiger partial charge in [0.1, 0.15) is 0 Å². The van der Waals surface area contributed by atoms with Crippen LogP contribution in [0.15, 0.2) is 194 Å². The van der Waals surface area contributed by atoms with Crippen molar-refractivity contribution in [1.29, 1.82) is 0 Å². The van der Waals surface area contributed by atoms with Crippen molar-refractivity contribution in [2.24, 2.45) is 0 Å². The molecule has 0 atom stereocenters. The van der Waals surface area contributed by atoms with Crippen LogP contribution in [0.5, 0.6) is 0 Å². The lowest BCUT2D eigenvalue weighted by Crippen LogP contribution is -1.92. The number of benzene rings is 10. The van der Waals surface area contributed by atoms with E-state index in [2.05, 4.69) is 194 Å². The predicted molar refractivity (Wildman–Crippen MR) is 216 cm³/mol. The zero-order chi connectivity index (χ0) is 33.0. The van der Waals surface area contributed by atoms with Crippen LogP contribution in [0.4, 0.5) is 0 Å². The van der Waals surface area contributed by atoms with E-state index < -0.39 is 0 Å². The van der Waals surface area contributed by atoms with Gasteiger partial charge in [0.05, 0.1) is 0 Å². The van der Waals surface area contributed by atoms with Crippen LogP contribution in [0.3, 0.4) is 0 Å². The van der Waals surface area contributed by atoms with Gasteiger partial charge >= 0.3 is 0 Å². The van der Waals surface area contributed by atoms with Crippen LogP contribution in [-0.2, 0) is 0 Å². The molecule has 0 amide bonds. The van der Waals surface area contributed by atoms with Crippen molar-refractivity contribution in [2.45, 2.75) is 0 Å². The van der Waals surface area contributed by atoms with Gasteiger partial charge < -0.3 is 0 Å². The zero-order valence-electron chi connectivity index (χ0n) is 27.5. The Morgan fingerprint density at radius 3 is 0.900 bits per heavy atom. The van der Waals surface area contributed by atoms with Crippen LogP contribution in [-0.4, -0.2) is 0 Å². The quantitative estimate of drug-likeness (QED) is 0.169. The number of fused-ring (bicyclic) bond motifs is 7. The molecule has 0 nitrogen and oxygen atoms in total. The third kappa shape index (κ3) is 4.61. The van der Waals surface area contributed by atoms with Crippen molar-refractivity contribution >= 4 is 53.9 Å². The highest BCUT2D eigenvalue weighted by atomic mass is 14.2. The first-order valence-electron chi connectivity index (χ1n) is 17.3. The number of rotatable bonds is 4. The van der Waals surface area contributed by atoms with Gasteiger partial charge in [0.2, 0.25) is 0 Å². The summed E-state index contributed by atoms with van der Waals surface area (Å²) in [5.74, 6) is 0. The van der Waals surface area contributed by atoms with Crippen molar-refractivity contribution in [3.8, 4) is 44.5 Å². The van der Waals surface area contributed by atoms with Crippen LogP contribution < -0.4 is 0 Å². The van der Waals surface area contributed by atoms with Crippen LogP contribution in [0.25, 0.3) is 98.4 Å². The second kappa shape index (κ2) is 11.6. The monoisotopic (exact) mass is 632 g/mol. The highest BCUT2D eigenvalue weighted by molar-refractivity contribution is 6.18. The Bertz CT molecular complexity index is 2700. The van der Waals surface area contributed by atoms with Gasteiger partial charge in [-0.05, 0) is 135 Å². The third-order valence-electron chi connectivity index (χ3n) is 10.4. The van der Waals surface area contributed by atoms with Gasteiger partial charge in [-0.2, -0.15) is 0 Å². The lowest BCUT2D eigenvalue weighted by molar-refractivity contribution is 1.61. The molecule has 0 unspecified atom stereocenters. The van der Waals surface area contributed by atoms with E-state index in [-0.39, 0.29) is 0 Å². The lowest BCUT2D eigenvalue weighted by Gasteiger charge is -2.19. The van der Waals surface area contributed by atoms with Crippen molar-refractivity contribution in [2.75, 3.05) is 0 Å². The van der Waals surface area contributed by atoms with Gasteiger partial charge in [0.15, 0.2) is 0 Å². The highest BCUT2D eigenvalue weighted by Gasteiger charge is 2.18. The summed E-state index contributed by atoms with van der Waals surface area (Å²) in [6, 6.07) is 71.5. The summed E-state index contributed by atoms with van der Waals surface area (Å²) in [6.45, 7) is 0. The number of hydrogen-bond donors (Lipinski definition) is 0. The summed E-state index contributed by atoms with van der Waals surface area (Å²) >= 11 is 0. The largest absolute Gasteiger partial charge is 0.0622 e. The minimum atomic E-state index is 1.21. The standard InChI is InChI=1S/C50H32/c1-3-15-33(16-4-1)45-29-37-32-50(48-28-36-20-8-10-22-40(36)42-24-12-14-26-44(42)48)46(34-17-5-2-6-18-34)30-38(37)31-49(45)47-27-35-19-7-9-21-39(35)41-23-11-13-25-43(41)47/h1-32H. The molecule has 0 heteroatoms. The summed E-state index contributed by atoms with van der Waals surface area (Å²) in [4.78, 5) is 0. The molecule has 0 heterocycles. The molecular formula is C50H32. The molecule has 50 heavy (non-hydrogen) atoms. The Labute approximate surface area is 291 Å². The SMILES string of the molecule is c1ccc(-c2cc3cc(-c4cc5ccccc5c5ccccc45)c(-c4ccccc4)cc3cc2-c2cc3ccccc3c3ccccc23)cc1. The molecule has 10 aromatic rings. The predicted octanol–water partition coefficient (Wildman–Crippen LogP) is 14.1. The van der Waals surface area contributed by atoms with Gasteiger partial charge in [0, 0.05) is 0 Å². The molecule has 0 saturated carbocycles. The Kier molecular flexibility index (Phi) is 6.60. The first-order valence-corrected chi connectivity index (χ1v) is 17.3. The zero-order valence-corrected chi connectivity index (χ0v) is 27.5. The van der Waals surface area contributed by atoms with Crippen molar-refractivity contribution < 1.29 is 0 Å². The molecular weight excluding hydrogens is 601 g/mol. The van der Waals surface area contributed by atoms with Crippen molar-refractivity contribution in [1.82, 2.24) is 0 Å². The van der Waals surface area contributed by atoms with Crippen LogP contribution in [0.1, 0.15) is 0 Å². The van der Waals surface area contributed by atoms with Gasteiger partial charge in [-0.15, -0.1) is 0 Å². The average molecular weight is 633 g/mol. The van der Waals surface area contributed by atoms with E-state index in [1.54, 1.807) is 0 Å². The van der Waals surface area contributed by atoms with E-state index in [0.717, 1.165) is 0 Å². The van der Waals surface area contributed by atoms with Crippen LogP contribution in [0.2, 0.25) is 0 Å². The topological polar surface area (TPSA) is 0 Å². The fourth-order valence-electron chi connectivity index (χ4n) is 8.06. The molecule has 0 aromatic heterocycles. The number of hydrogen-bond acceptors (Lipinski definition) is 0. The normalized spacial score (nSPS) is 11.6. The second-order valence-electron chi connectivity index (χ2n) is 13.3. The van der Waals surface area contributed by atoms with Gasteiger partial charge in [-0.3, -0.25) is 0 Å². The molecule has 0 aliphatic heterocycles. The molecule has 232 valence electrons. The Hall–Kier alpha value is -6.50. The Balaban J connectivity index is 1.32. The van der Waals surface area contributed by atoms with Gasteiger partial charge in [-0.25, -0.2) is 0 Å². The molecule has 0 aliphatic carbocycles. The maximum Gasteiger partial charge on any atom is -0.00926 e. The first kappa shape index (κ1) is 28.5. The Morgan fingerprint density at radius 1 is 0.180 bits per heavy atom. The van der Waals surface area contributed by atoms with Crippen molar-refractivity contribution in [3.63, 3.8) is 0 Å². The third-order valence-corrected chi connectivity index (χ3v) is 10.4. The highest BCUT2D eigenvalue weighted by Crippen LogP contribution is 2.45. The van der Waals surface area contributed by atoms with Gasteiger partial charge in [0.25, 0.3) is 0 Å². The van der Waals surface area contributed by atoms with E-state index in [1.807, 2.05) is 0 Å². The summed E-state index contributed by atoms with van der Waals surface area (Å²) in [6.07, 6.45) is 0. The summed E-state index contributed by atoms with van der Waals surface area (Å²) in [5.41, 5.74) is 9.90.